The maximum absolute atomic E-state index is 12.6. The van der Waals surface area contributed by atoms with Gasteiger partial charge in [-0.1, -0.05) is 24.3 Å². The van der Waals surface area contributed by atoms with Crippen molar-refractivity contribution in [2.45, 2.75) is 18.6 Å². The molecular formula is C20H23INO6P. The smallest absolute Gasteiger partial charge is 0.334 e. The predicted octanol–water partition coefficient (Wildman–Crippen LogP) is 3.79. The number of esters is 1. The summed E-state index contributed by atoms with van der Waals surface area (Å²) < 4.78 is 27.9. The molecule has 0 bridgehead atoms. The minimum Gasteiger partial charge on any atom is -0.467 e. The van der Waals surface area contributed by atoms with E-state index in [4.69, 9.17) is 13.8 Å². The Morgan fingerprint density at radius 2 is 1.69 bits per heavy atom. The summed E-state index contributed by atoms with van der Waals surface area (Å²) in [7, 11) is 0.752. The number of carbonyl (C=O) groups is 2. The largest absolute Gasteiger partial charge is 0.467 e. The summed E-state index contributed by atoms with van der Waals surface area (Å²) in [4.78, 5) is 24.8. The van der Waals surface area contributed by atoms with Crippen LogP contribution in [0.4, 0.5) is 0 Å². The van der Waals surface area contributed by atoms with Crippen LogP contribution in [0.2, 0.25) is 0 Å². The maximum atomic E-state index is 12.6. The number of carbonyl (C=O) groups excluding carboxylic acids is 2. The standard InChI is InChI=1S/C20H23INO6P/c1-26-20(24)18(12-15-5-4-6-17(21)11-15)22-19(23)16-9-7-14(8-10-16)13-29(25,27-2)28-3/h4-11,18H,12-13H2,1-3H3,(H,22,23)/t18-/m1/s1. The molecule has 0 aliphatic carbocycles. The number of hydrogen-bond donors (Lipinski definition) is 1. The van der Waals surface area contributed by atoms with Crippen molar-refractivity contribution in [2.75, 3.05) is 21.3 Å². The molecule has 2 aromatic rings. The number of methoxy groups -OCH3 is 1. The first kappa shape index (κ1) is 23.5. The molecule has 0 saturated heterocycles. The van der Waals surface area contributed by atoms with Gasteiger partial charge in [0.1, 0.15) is 6.04 Å². The highest BCUT2D eigenvalue weighted by atomic mass is 127. The summed E-state index contributed by atoms with van der Waals surface area (Å²) in [5.74, 6) is -0.922. The van der Waals surface area contributed by atoms with E-state index in [-0.39, 0.29) is 6.16 Å². The minimum absolute atomic E-state index is 0.0966. The number of ether oxygens (including phenoxy) is 1. The fraction of sp³-hybridized carbons (Fsp3) is 0.300. The first-order valence-corrected chi connectivity index (χ1v) is 11.5. The van der Waals surface area contributed by atoms with Crippen LogP contribution in [0.25, 0.3) is 0 Å². The Bertz CT molecular complexity index is 894. The van der Waals surface area contributed by atoms with E-state index in [9.17, 15) is 14.2 Å². The third-order valence-corrected chi connectivity index (χ3v) is 6.80. The lowest BCUT2D eigenvalue weighted by molar-refractivity contribution is -0.142. The average Bonchev–Trinajstić information content (AvgIpc) is 2.73. The van der Waals surface area contributed by atoms with Crippen molar-refractivity contribution >= 4 is 42.1 Å². The molecule has 0 spiro atoms. The third-order valence-electron chi connectivity index (χ3n) is 4.27. The second kappa shape index (κ2) is 10.9. The molecule has 0 saturated carbocycles. The second-order valence-corrected chi connectivity index (χ2v) is 9.73. The summed E-state index contributed by atoms with van der Waals surface area (Å²) in [6, 6.07) is 13.4. The van der Waals surface area contributed by atoms with E-state index in [1.165, 1.54) is 21.3 Å². The molecule has 0 radical (unpaired) electrons. The van der Waals surface area contributed by atoms with Gasteiger partial charge in [-0.2, -0.15) is 0 Å². The van der Waals surface area contributed by atoms with Crippen molar-refractivity contribution in [2.24, 2.45) is 0 Å². The van der Waals surface area contributed by atoms with Gasteiger partial charge in [0, 0.05) is 29.8 Å². The SMILES string of the molecule is COC(=O)[C@@H](Cc1cccc(I)c1)NC(=O)c1ccc(CP(=O)(OC)OC)cc1. The van der Waals surface area contributed by atoms with Crippen molar-refractivity contribution in [3.05, 3.63) is 68.8 Å². The van der Waals surface area contributed by atoms with Crippen LogP contribution in [0.5, 0.6) is 0 Å². The average molecular weight is 531 g/mol. The number of hydrogen-bond acceptors (Lipinski definition) is 6. The van der Waals surface area contributed by atoms with Gasteiger partial charge in [-0.25, -0.2) is 4.79 Å². The van der Waals surface area contributed by atoms with Crippen molar-refractivity contribution in [3.63, 3.8) is 0 Å². The molecule has 2 aromatic carbocycles. The van der Waals surface area contributed by atoms with E-state index in [0.717, 1.165) is 9.13 Å². The Balaban J connectivity index is 2.10. The van der Waals surface area contributed by atoms with Gasteiger partial charge in [0.25, 0.3) is 5.91 Å². The Morgan fingerprint density at radius 3 is 2.24 bits per heavy atom. The van der Waals surface area contributed by atoms with Gasteiger partial charge < -0.3 is 19.1 Å². The molecule has 0 fully saturated rings. The number of rotatable bonds is 9. The van der Waals surface area contributed by atoms with E-state index >= 15 is 0 Å². The molecule has 0 heterocycles. The van der Waals surface area contributed by atoms with Crippen LogP contribution in [0.1, 0.15) is 21.5 Å². The number of benzene rings is 2. The zero-order valence-corrected chi connectivity index (χ0v) is 19.4. The second-order valence-electron chi connectivity index (χ2n) is 6.21. The predicted molar refractivity (Wildman–Crippen MR) is 118 cm³/mol. The number of amides is 1. The molecule has 0 aromatic heterocycles. The molecule has 0 aliphatic rings. The molecular weight excluding hydrogens is 508 g/mol. The van der Waals surface area contributed by atoms with E-state index in [2.05, 4.69) is 27.9 Å². The van der Waals surface area contributed by atoms with Crippen molar-refractivity contribution < 1.29 is 27.9 Å². The van der Waals surface area contributed by atoms with E-state index in [1.54, 1.807) is 24.3 Å². The van der Waals surface area contributed by atoms with Gasteiger partial charge in [0.05, 0.1) is 13.3 Å². The van der Waals surface area contributed by atoms with E-state index in [0.29, 0.717) is 17.5 Å². The summed E-state index contributed by atoms with van der Waals surface area (Å²) in [5.41, 5.74) is 1.99. The third kappa shape index (κ3) is 6.92. The molecule has 1 atom stereocenters. The summed E-state index contributed by atoms with van der Waals surface area (Å²) >= 11 is 2.19. The topological polar surface area (TPSA) is 90.9 Å². The number of nitrogens with one attached hydrogen (secondary N) is 1. The first-order valence-electron chi connectivity index (χ1n) is 8.73. The molecule has 9 heteroatoms. The van der Waals surface area contributed by atoms with Gasteiger partial charge >= 0.3 is 13.6 Å². The van der Waals surface area contributed by atoms with Crippen LogP contribution in [0, 0.1) is 3.57 Å². The molecule has 7 nitrogen and oxygen atoms in total. The van der Waals surface area contributed by atoms with Crippen LogP contribution in [0.15, 0.2) is 48.5 Å². The van der Waals surface area contributed by atoms with Gasteiger partial charge in [-0.15, -0.1) is 0 Å². The molecule has 29 heavy (non-hydrogen) atoms. The van der Waals surface area contributed by atoms with Crippen LogP contribution < -0.4 is 5.32 Å². The lowest BCUT2D eigenvalue weighted by Crippen LogP contribution is -2.43. The molecule has 0 aliphatic heterocycles. The lowest BCUT2D eigenvalue weighted by Gasteiger charge is -2.17. The number of halogens is 1. The maximum Gasteiger partial charge on any atom is 0.334 e. The van der Waals surface area contributed by atoms with Gasteiger partial charge in [-0.05, 0) is 58.0 Å². The minimum atomic E-state index is -3.19. The lowest BCUT2D eigenvalue weighted by atomic mass is 10.1. The first-order chi connectivity index (χ1) is 13.8. The van der Waals surface area contributed by atoms with Crippen LogP contribution in [0.3, 0.4) is 0 Å². The van der Waals surface area contributed by atoms with Gasteiger partial charge in [0.2, 0.25) is 0 Å². The zero-order chi connectivity index (χ0) is 21.4. The molecule has 156 valence electrons. The molecule has 1 amide bonds. The Kier molecular flexibility index (Phi) is 8.82. The Labute approximate surface area is 183 Å². The van der Waals surface area contributed by atoms with Crippen molar-refractivity contribution in [3.8, 4) is 0 Å². The van der Waals surface area contributed by atoms with Crippen LogP contribution >= 0.6 is 30.2 Å². The van der Waals surface area contributed by atoms with E-state index < -0.39 is 25.5 Å². The summed E-state index contributed by atoms with van der Waals surface area (Å²) in [6.07, 6.45) is 0.414. The molecule has 1 N–H and O–H groups in total. The monoisotopic (exact) mass is 531 g/mol. The summed E-state index contributed by atoms with van der Waals surface area (Å²) in [6.45, 7) is 0. The molecule has 2 rings (SSSR count). The quantitative estimate of drug-likeness (QED) is 0.301. The summed E-state index contributed by atoms with van der Waals surface area (Å²) in [5, 5.41) is 2.72. The highest BCUT2D eigenvalue weighted by Crippen LogP contribution is 2.49. The normalized spacial score (nSPS) is 12.3. The van der Waals surface area contributed by atoms with Crippen LogP contribution in [-0.2, 0) is 35.7 Å². The Morgan fingerprint density at radius 1 is 1.03 bits per heavy atom. The Hall–Kier alpha value is -1.74. The zero-order valence-electron chi connectivity index (χ0n) is 16.4. The van der Waals surface area contributed by atoms with Crippen molar-refractivity contribution in [1.29, 1.82) is 0 Å². The highest BCUT2D eigenvalue weighted by molar-refractivity contribution is 14.1. The van der Waals surface area contributed by atoms with Crippen molar-refractivity contribution in [1.82, 2.24) is 5.32 Å². The highest BCUT2D eigenvalue weighted by Gasteiger charge is 2.24. The molecule has 0 unspecified atom stereocenters. The van der Waals surface area contributed by atoms with E-state index in [1.807, 2.05) is 24.3 Å². The van der Waals surface area contributed by atoms with Gasteiger partial charge in [-0.3, -0.25) is 9.36 Å². The van der Waals surface area contributed by atoms with Gasteiger partial charge in [0.15, 0.2) is 0 Å². The van der Waals surface area contributed by atoms with Crippen LogP contribution in [-0.4, -0.2) is 39.2 Å². The fourth-order valence-corrected chi connectivity index (χ4v) is 4.34. The fourth-order valence-electron chi connectivity index (χ4n) is 2.67.